The average molecular weight is 284 g/mol. The number of anilines is 2. The maximum absolute atomic E-state index is 6.18. The highest BCUT2D eigenvalue weighted by molar-refractivity contribution is 5.90. The largest absolute Gasteiger partial charge is 0.383 e. The molecule has 1 saturated heterocycles. The molecular weight excluding hydrogens is 264 g/mol. The molecule has 4 rings (SSSR count). The standard InChI is InChI=1S/C15H20N6/c1-8-10-3-2-4-11(10)19-14-12(8)13(16)20-15(21-14)18-9-5-6-17-7-9/h9,17H,2-7H2,1H3,(H3,16,18,19,20,21). The molecule has 1 fully saturated rings. The second kappa shape index (κ2) is 4.80. The molecule has 3 heterocycles. The zero-order valence-electron chi connectivity index (χ0n) is 12.2. The Morgan fingerprint density at radius 2 is 2.14 bits per heavy atom. The van der Waals surface area contributed by atoms with Crippen LogP contribution in [0.2, 0.25) is 0 Å². The quantitative estimate of drug-likeness (QED) is 0.767. The summed E-state index contributed by atoms with van der Waals surface area (Å²) in [7, 11) is 0. The van der Waals surface area contributed by atoms with Crippen molar-refractivity contribution in [3.05, 3.63) is 16.8 Å². The molecule has 0 spiro atoms. The topological polar surface area (TPSA) is 88.8 Å². The first-order valence-electron chi connectivity index (χ1n) is 7.65. The molecule has 0 bridgehead atoms. The van der Waals surface area contributed by atoms with Crippen LogP contribution in [0.15, 0.2) is 0 Å². The smallest absolute Gasteiger partial charge is 0.226 e. The summed E-state index contributed by atoms with van der Waals surface area (Å²) in [5.74, 6) is 1.13. The first-order chi connectivity index (χ1) is 10.2. The lowest BCUT2D eigenvalue weighted by atomic mass is 10.1. The van der Waals surface area contributed by atoms with Crippen LogP contribution >= 0.6 is 0 Å². The Kier molecular flexibility index (Phi) is 2.92. The van der Waals surface area contributed by atoms with Crippen molar-refractivity contribution in [2.75, 3.05) is 24.1 Å². The number of pyridine rings is 1. The number of rotatable bonds is 2. The molecule has 2 aromatic heterocycles. The molecule has 1 aliphatic carbocycles. The minimum atomic E-state index is 0.373. The molecule has 0 aromatic carbocycles. The molecule has 0 saturated carbocycles. The second-order valence-electron chi connectivity index (χ2n) is 5.98. The normalized spacial score (nSPS) is 20.9. The van der Waals surface area contributed by atoms with Gasteiger partial charge in [-0.25, -0.2) is 4.98 Å². The van der Waals surface area contributed by atoms with E-state index in [1.54, 1.807) is 0 Å². The second-order valence-corrected chi connectivity index (χ2v) is 5.98. The number of aryl methyl sites for hydroxylation is 2. The Labute approximate surface area is 123 Å². The Morgan fingerprint density at radius 3 is 2.95 bits per heavy atom. The molecule has 2 aromatic rings. The summed E-state index contributed by atoms with van der Waals surface area (Å²) >= 11 is 0. The molecule has 1 unspecified atom stereocenters. The molecule has 1 atom stereocenters. The number of nitrogens with two attached hydrogens (primary N) is 1. The zero-order valence-corrected chi connectivity index (χ0v) is 12.2. The van der Waals surface area contributed by atoms with Crippen molar-refractivity contribution in [2.24, 2.45) is 0 Å². The van der Waals surface area contributed by atoms with Gasteiger partial charge in [0.25, 0.3) is 0 Å². The third-order valence-corrected chi connectivity index (χ3v) is 4.57. The minimum Gasteiger partial charge on any atom is -0.383 e. The van der Waals surface area contributed by atoms with E-state index in [-0.39, 0.29) is 0 Å². The van der Waals surface area contributed by atoms with Crippen molar-refractivity contribution in [3.63, 3.8) is 0 Å². The van der Waals surface area contributed by atoms with Crippen LogP contribution in [0.1, 0.15) is 29.7 Å². The number of aromatic nitrogens is 3. The fourth-order valence-corrected chi connectivity index (χ4v) is 3.47. The van der Waals surface area contributed by atoms with E-state index in [1.165, 1.54) is 23.2 Å². The monoisotopic (exact) mass is 284 g/mol. The fraction of sp³-hybridized carbons (Fsp3) is 0.533. The van der Waals surface area contributed by atoms with E-state index < -0.39 is 0 Å². The molecule has 0 radical (unpaired) electrons. The molecule has 6 heteroatoms. The molecule has 0 amide bonds. The molecular formula is C15H20N6. The number of nitrogen functional groups attached to an aromatic ring is 1. The lowest BCUT2D eigenvalue weighted by Gasteiger charge is -2.14. The van der Waals surface area contributed by atoms with Crippen LogP contribution in [-0.2, 0) is 12.8 Å². The van der Waals surface area contributed by atoms with Gasteiger partial charge in [-0.2, -0.15) is 9.97 Å². The zero-order chi connectivity index (χ0) is 14.4. The maximum Gasteiger partial charge on any atom is 0.226 e. The fourth-order valence-electron chi connectivity index (χ4n) is 3.47. The maximum atomic E-state index is 6.18. The SMILES string of the molecule is Cc1c2c(nc3nc(NC4CCNC4)nc(N)c13)CCC2. The summed E-state index contributed by atoms with van der Waals surface area (Å²) in [6.45, 7) is 4.09. The Hall–Kier alpha value is -1.95. The van der Waals surface area contributed by atoms with Crippen LogP contribution in [-0.4, -0.2) is 34.1 Å². The third kappa shape index (κ3) is 2.10. The number of nitrogens with one attached hydrogen (secondary N) is 2. The molecule has 4 N–H and O–H groups in total. The van der Waals surface area contributed by atoms with Gasteiger partial charge < -0.3 is 16.4 Å². The first-order valence-corrected chi connectivity index (χ1v) is 7.65. The van der Waals surface area contributed by atoms with Gasteiger partial charge in [0.05, 0.1) is 5.39 Å². The van der Waals surface area contributed by atoms with Gasteiger partial charge >= 0.3 is 0 Å². The van der Waals surface area contributed by atoms with Gasteiger partial charge in [0, 0.05) is 18.3 Å². The minimum absolute atomic E-state index is 0.373. The molecule has 6 nitrogen and oxygen atoms in total. The third-order valence-electron chi connectivity index (χ3n) is 4.57. The van der Waals surface area contributed by atoms with Crippen molar-refractivity contribution in [1.82, 2.24) is 20.3 Å². The van der Waals surface area contributed by atoms with Crippen LogP contribution in [0.4, 0.5) is 11.8 Å². The lowest BCUT2D eigenvalue weighted by Crippen LogP contribution is -2.23. The van der Waals surface area contributed by atoms with Crippen molar-refractivity contribution in [3.8, 4) is 0 Å². The van der Waals surface area contributed by atoms with E-state index in [4.69, 9.17) is 10.7 Å². The molecule has 2 aliphatic rings. The summed E-state index contributed by atoms with van der Waals surface area (Å²) in [4.78, 5) is 13.8. The van der Waals surface area contributed by atoms with E-state index in [9.17, 15) is 0 Å². The van der Waals surface area contributed by atoms with Crippen molar-refractivity contribution >= 4 is 22.8 Å². The number of fused-ring (bicyclic) bond motifs is 2. The van der Waals surface area contributed by atoms with E-state index in [1.807, 2.05) is 0 Å². The van der Waals surface area contributed by atoms with E-state index >= 15 is 0 Å². The average Bonchev–Trinajstić information content (AvgIpc) is 3.09. The summed E-state index contributed by atoms with van der Waals surface area (Å²) in [5, 5.41) is 7.60. The predicted molar refractivity (Wildman–Crippen MR) is 83.4 cm³/mol. The van der Waals surface area contributed by atoms with Crippen LogP contribution < -0.4 is 16.4 Å². The first kappa shape index (κ1) is 12.8. The highest BCUT2D eigenvalue weighted by atomic mass is 15.2. The van der Waals surface area contributed by atoms with Crippen molar-refractivity contribution in [2.45, 2.75) is 38.6 Å². The highest BCUT2D eigenvalue weighted by Gasteiger charge is 2.21. The van der Waals surface area contributed by atoms with E-state index in [2.05, 4.69) is 27.5 Å². The van der Waals surface area contributed by atoms with Gasteiger partial charge in [-0.05, 0) is 50.3 Å². The molecule has 21 heavy (non-hydrogen) atoms. The number of hydrogen-bond donors (Lipinski definition) is 3. The summed E-state index contributed by atoms with van der Waals surface area (Å²) in [6.07, 6.45) is 4.40. The van der Waals surface area contributed by atoms with Gasteiger partial charge in [-0.3, -0.25) is 0 Å². The predicted octanol–water partition coefficient (Wildman–Crippen LogP) is 1.18. The van der Waals surface area contributed by atoms with E-state index in [0.29, 0.717) is 17.8 Å². The number of nitrogens with zero attached hydrogens (tertiary/aromatic N) is 3. The molecule has 1 aliphatic heterocycles. The van der Waals surface area contributed by atoms with Crippen LogP contribution in [0.3, 0.4) is 0 Å². The summed E-state index contributed by atoms with van der Waals surface area (Å²) in [5.41, 5.74) is 10.7. The van der Waals surface area contributed by atoms with Crippen molar-refractivity contribution in [1.29, 1.82) is 0 Å². The Bertz CT molecular complexity index is 705. The van der Waals surface area contributed by atoms with Crippen molar-refractivity contribution < 1.29 is 0 Å². The van der Waals surface area contributed by atoms with Gasteiger partial charge in [-0.15, -0.1) is 0 Å². The van der Waals surface area contributed by atoms with Crippen LogP contribution in [0.25, 0.3) is 11.0 Å². The Balaban J connectivity index is 1.80. The van der Waals surface area contributed by atoms with Crippen LogP contribution in [0, 0.1) is 6.92 Å². The van der Waals surface area contributed by atoms with E-state index in [0.717, 1.165) is 43.4 Å². The molecule has 110 valence electrons. The van der Waals surface area contributed by atoms with Gasteiger partial charge in [0.15, 0.2) is 5.65 Å². The summed E-state index contributed by atoms with van der Waals surface area (Å²) in [6, 6.07) is 0.373. The summed E-state index contributed by atoms with van der Waals surface area (Å²) < 4.78 is 0. The van der Waals surface area contributed by atoms with Gasteiger partial charge in [0.2, 0.25) is 5.95 Å². The van der Waals surface area contributed by atoms with Gasteiger partial charge in [0.1, 0.15) is 5.82 Å². The van der Waals surface area contributed by atoms with Crippen LogP contribution in [0.5, 0.6) is 0 Å². The number of hydrogen-bond acceptors (Lipinski definition) is 6. The van der Waals surface area contributed by atoms with Gasteiger partial charge in [-0.1, -0.05) is 0 Å². The lowest BCUT2D eigenvalue weighted by molar-refractivity contribution is 0.782. The Morgan fingerprint density at radius 1 is 1.24 bits per heavy atom. The highest BCUT2D eigenvalue weighted by Crippen LogP contribution is 2.31.